The van der Waals surface area contributed by atoms with Gasteiger partial charge in [-0.3, -0.25) is 4.79 Å². The number of thioether (sulfide) groups is 1. The number of likely N-dealkylation sites (tertiary alicyclic amines) is 1. The van der Waals surface area contributed by atoms with Gasteiger partial charge in [0.1, 0.15) is 0 Å². The van der Waals surface area contributed by atoms with Crippen LogP contribution in [0.1, 0.15) is 26.2 Å². The topological polar surface area (TPSA) is 23.6 Å². The Kier molecular flexibility index (Phi) is 4.53. The van der Waals surface area contributed by atoms with Crippen LogP contribution in [0.2, 0.25) is 0 Å². The summed E-state index contributed by atoms with van der Waals surface area (Å²) in [6, 6.07) is 0. The maximum absolute atomic E-state index is 11.9. The molecule has 92 valence electrons. The van der Waals surface area contributed by atoms with Crippen LogP contribution < -0.4 is 0 Å². The zero-order valence-electron chi connectivity index (χ0n) is 10.2. The summed E-state index contributed by atoms with van der Waals surface area (Å²) in [5.74, 6) is 3.19. The number of rotatable bonds is 3. The molecule has 2 heterocycles. The van der Waals surface area contributed by atoms with E-state index in [1.54, 1.807) is 0 Å². The third-order valence-corrected chi connectivity index (χ3v) is 4.45. The van der Waals surface area contributed by atoms with E-state index in [9.17, 15) is 4.79 Å². The molecule has 0 aromatic heterocycles. The van der Waals surface area contributed by atoms with Crippen LogP contribution >= 0.6 is 11.8 Å². The van der Waals surface area contributed by atoms with Crippen molar-refractivity contribution in [2.45, 2.75) is 26.2 Å². The molecule has 2 aliphatic rings. The van der Waals surface area contributed by atoms with Crippen molar-refractivity contribution in [3.05, 3.63) is 0 Å². The van der Waals surface area contributed by atoms with Gasteiger partial charge in [-0.05, 0) is 25.3 Å². The first-order valence-corrected chi connectivity index (χ1v) is 7.49. The highest BCUT2D eigenvalue weighted by Gasteiger charge is 2.20. The van der Waals surface area contributed by atoms with Crippen LogP contribution in [-0.2, 0) is 4.79 Å². The molecule has 1 unspecified atom stereocenters. The highest BCUT2D eigenvalue weighted by atomic mass is 32.2. The largest absolute Gasteiger partial charge is 0.333 e. The van der Waals surface area contributed by atoms with E-state index >= 15 is 0 Å². The molecule has 0 saturated carbocycles. The smallest absolute Gasteiger partial charge is 0.224 e. The Labute approximate surface area is 103 Å². The Bertz CT molecular complexity index is 241. The lowest BCUT2D eigenvalue weighted by Gasteiger charge is -2.30. The summed E-state index contributed by atoms with van der Waals surface area (Å²) in [6.45, 7) is 6.60. The summed E-state index contributed by atoms with van der Waals surface area (Å²) >= 11 is 1.86. The molecule has 0 aliphatic carbocycles. The van der Waals surface area contributed by atoms with Crippen molar-refractivity contribution in [2.75, 3.05) is 37.8 Å². The van der Waals surface area contributed by atoms with Crippen LogP contribution in [0.15, 0.2) is 0 Å². The van der Waals surface area contributed by atoms with Gasteiger partial charge in [-0.25, -0.2) is 0 Å². The Balaban J connectivity index is 1.67. The quantitative estimate of drug-likeness (QED) is 0.752. The standard InChI is InChI=1S/C12H22N2OS/c1-11-3-2-5-13(9-11)6-4-12(15)14-7-8-16-10-14/h11H,2-10H2,1H3. The molecule has 1 atom stereocenters. The van der Waals surface area contributed by atoms with Crippen molar-refractivity contribution in [1.29, 1.82) is 0 Å². The molecular weight excluding hydrogens is 220 g/mol. The Morgan fingerprint density at radius 2 is 2.31 bits per heavy atom. The fourth-order valence-corrected chi connectivity index (χ4v) is 3.48. The number of carbonyl (C=O) groups excluding carboxylic acids is 1. The molecule has 0 aromatic rings. The second-order valence-electron chi connectivity index (χ2n) is 4.99. The molecule has 0 aromatic carbocycles. The van der Waals surface area contributed by atoms with Gasteiger partial charge in [0, 0.05) is 31.8 Å². The molecule has 1 amide bonds. The van der Waals surface area contributed by atoms with Gasteiger partial charge in [-0.15, -0.1) is 11.8 Å². The van der Waals surface area contributed by atoms with E-state index in [2.05, 4.69) is 11.8 Å². The van der Waals surface area contributed by atoms with Gasteiger partial charge >= 0.3 is 0 Å². The van der Waals surface area contributed by atoms with Gasteiger partial charge in [0.05, 0.1) is 5.88 Å². The molecule has 0 bridgehead atoms. The molecule has 3 nitrogen and oxygen atoms in total. The molecule has 2 saturated heterocycles. The Hall–Kier alpha value is -0.220. The minimum absolute atomic E-state index is 0.350. The lowest BCUT2D eigenvalue weighted by Crippen LogP contribution is -2.37. The Morgan fingerprint density at radius 1 is 1.44 bits per heavy atom. The van der Waals surface area contributed by atoms with E-state index in [1.807, 2.05) is 16.7 Å². The summed E-state index contributed by atoms with van der Waals surface area (Å²) in [7, 11) is 0. The molecule has 2 rings (SSSR count). The van der Waals surface area contributed by atoms with Crippen LogP contribution in [0, 0.1) is 5.92 Å². The van der Waals surface area contributed by atoms with Crippen molar-refractivity contribution < 1.29 is 4.79 Å². The van der Waals surface area contributed by atoms with E-state index in [-0.39, 0.29) is 0 Å². The normalized spacial score (nSPS) is 27.3. The average Bonchev–Trinajstić information content (AvgIpc) is 2.79. The number of amides is 1. The van der Waals surface area contributed by atoms with Crippen molar-refractivity contribution in [1.82, 2.24) is 9.80 Å². The molecular formula is C12H22N2OS. The number of nitrogens with zero attached hydrogens (tertiary/aromatic N) is 2. The maximum Gasteiger partial charge on any atom is 0.224 e. The SMILES string of the molecule is CC1CCCN(CCC(=O)N2CCSC2)C1. The highest BCUT2D eigenvalue weighted by Crippen LogP contribution is 2.17. The van der Waals surface area contributed by atoms with Crippen molar-refractivity contribution >= 4 is 17.7 Å². The monoisotopic (exact) mass is 242 g/mol. The second-order valence-corrected chi connectivity index (χ2v) is 6.07. The Morgan fingerprint density at radius 3 is 3.00 bits per heavy atom. The molecule has 0 spiro atoms. The predicted octanol–water partition coefficient (Wildman–Crippen LogP) is 1.64. The molecule has 4 heteroatoms. The van der Waals surface area contributed by atoms with Gasteiger partial charge in [0.15, 0.2) is 0 Å². The first kappa shape index (κ1) is 12.2. The molecule has 0 radical (unpaired) electrons. The predicted molar refractivity (Wildman–Crippen MR) is 68.5 cm³/mol. The zero-order valence-corrected chi connectivity index (χ0v) is 11.0. The van der Waals surface area contributed by atoms with Crippen molar-refractivity contribution in [3.8, 4) is 0 Å². The number of piperidine rings is 1. The van der Waals surface area contributed by atoms with E-state index in [0.29, 0.717) is 12.3 Å². The highest BCUT2D eigenvalue weighted by molar-refractivity contribution is 7.99. The summed E-state index contributed by atoms with van der Waals surface area (Å²) in [5.41, 5.74) is 0. The van der Waals surface area contributed by atoms with Crippen molar-refractivity contribution in [3.63, 3.8) is 0 Å². The zero-order chi connectivity index (χ0) is 11.4. The van der Waals surface area contributed by atoms with Crippen LogP contribution in [0.3, 0.4) is 0 Å². The number of hydrogen-bond acceptors (Lipinski definition) is 3. The summed E-state index contributed by atoms with van der Waals surface area (Å²) in [4.78, 5) is 16.3. The van der Waals surface area contributed by atoms with Crippen LogP contribution in [0.25, 0.3) is 0 Å². The van der Waals surface area contributed by atoms with Crippen LogP contribution in [0.4, 0.5) is 0 Å². The minimum Gasteiger partial charge on any atom is -0.333 e. The van der Waals surface area contributed by atoms with E-state index in [1.165, 1.54) is 25.9 Å². The second kappa shape index (κ2) is 5.92. The van der Waals surface area contributed by atoms with Gasteiger partial charge in [0.2, 0.25) is 5.91 Å². The van der Waals surface area contributed by atoms with E-state index < -0.39 is 0 Å². The first-order valence-electron chi connectivity index (χ1n) is 6.33. The minimum atomic E-state index is 0.350. The third-order valence-electron chi connectivity index (χ3n) is 3.49. The van der Waals surface area contributed by atoms with E-state index in [4.69, 9.17) is 0 Å². The maximum atomic E-state index is 11.9. The lowest BCUT2D eigenvalue weighted by atomic mass is 10.0. The fraction of sp³-hybridized carbons (Fsp3) is 0.917. The third kappa shape index (κ3) is 3.39. The molecule has 0 N–H and O–H groups in total. The fourth-order valence-electron chi connectivity index (χ4n) is 2.51. The average molecular weight is 242 g/mol. The summed E-state index contributed by atoms with van der Waals surface area (Å²) in [6.07, 6.45) is 3.37. The van der Waals surface area contributed by atoms with Gasteiger partial charge in [-0.1, -0.05) is 6.92 Å². The van der Waals surface area contributed by atoms with Crippen molar-refractivity contribution in [2.24, 2.45) is 5.92 Å². The number of hydrogen-bond donors (Lipinski definition) is 0. The first-order chi connectivity index (χ1) is 7.75. The van der Waals surface area contributed by atoms with Crippen LogP contribution in [0.5, 0.6) is 0 Å². The van der Waals surface area contributed by atoms with Gasteiger partial charge in [-0.2, -0.15) is 0 Å². The number of carbonyl (C=O) groups is 1. The van der Waals surface area contributed by atoms with E-state index in [0.717, 1.165) is 30.6 Å². The summed E-state index contributed by atoms with van der Waals surface area (Å²) < 4.78 is 0. The van der Waals surface area contributed by atoms with Crippen LogP contribution in [-0.4, -0.2) is 53.5 Å². The molecule has 2 aliphatic heterocycles. The molecule has 16 heavy (non-hydrogen) atoms. The summed E-state index contributed by atoms with van der Waals surface area (Å²) in [5, 5.41) is 0. The lowest BCUT2D eigenvalue weighted by molar-refractivity contribution is -0.130. The van der Waals surface area contributed by atoms with Gasteiger partial charge < -0.3 is 9.80 Å². The molecule has 2 fully saturated rings. The van der Waals surface area contributed by atoms with Gasteiger partial charge in [0.25, 0.3) is 0 Å².